The second-order valence-corrected chi connectivity index (χ2v) is 10.3. The van der Waals surface area contributed by atoms with E-state index in [1.807, 2.05) is 43.3 Å². The van der Waals surface area contributed by atoms with Crippen LogP contribution in [0.2, 0.25) is 0 Å². The first-order chi connectivity index (χ1) is 13.5. The van der Waals surface area contributed by atoms with Crippen LogP contribution >= 0.6 is 7.29 Å². The van der Waals surface area contributed by atoms with Crippen LogP contribution in [0.1, 0.15) is 48.6 Å². The maximum atomic E-state index is 14.4. The van der Waals surface area contributed by atoms with Gasteiger partial charge >= 0.3 is 5.97 Å². The first kappa shape index (κ1) is 20.6. The fourth-order valence-electron chi connectivity index (χ4n) is 4.07. The SMILES string of the molecule is C=CCOC(=O)C[C@H](C)NP1(=O)[C@H](c2ccccc2)CC[C@H]1c1ccccc1. The van der Waals surface area contributed by atoms with E-state index in [4.69, 9.17) is 4.74 Å². The van der Waals surface area contributed by atoms with E-state index in [1.54, 1.807) is 6.08 Å². The Morgan fingerprint density at radius 2 is 1.61 bits per heavy atom. The van der Waals surface area contributed by atoms with Gasteiger partial charge < -0.3 is 9.30 Å². The molecule has 0 aromatic heterocycles. The molecule has 0 aliphatic carbocycles. The molecule has 1 aliphatic rings. The lowest BCUT2D eigenvalue weighted by molar-refractivity contribution is -0.142. The molecular formula is C23H28NO3P. The van der Waals surface area contributed by atoms with Crippen LogP contribution < -0.4 is 5.09 Å². The Bertz CT molecular complexity index is 786. The number of nitrogens with one attached hydrogen (secondary N) is 1. The number of hydrogen-bond acceptors (Lipinski definition) is 3. The number of ether oxygens (including phenoxy) is 1. The van der Waals surface area contributed by atoms with Gasteiger partial charge in [-0.05, 0) is 30.9 Å². The van der Waals surface area contributed by atoms with Crippen molar-refractivity contribution in [1.29, 1.82) is 0 Å². The van der Waals surface area contributed by atoms with Crippen molar-refractivity contribution in [2.24, 2.45) is 0 Å². The van der Waals surface area contributed by atoms with Crippen molar-refractivity contribution >= 4 is 13.3 Å². The third kappa shape index (κ3) is 4.63. The molecule has 1 aliphatic heterocycles. The Balaban J connectivity index is 1.86. The largest absolute Gasteiger partial charge is 0.461 e. The van der Waals surface area contributed by atoms with Crippen LogP contribution in [-0.4, -0.2) is 18.6 Å². The molecular weight excluding hydrogens is 369 g/mol. The number of esters is 1. The number of hydrogen-bond donors (Lipinski definition) is 1. The highest BCUT2D eigenvalue weighted by Crippen LogP contribution is 2.74. The lowest BCUT2D eigenvalue weighted by atomic mass is 10.0. The molecule has 0 unspecified atom stereocenters. The smallest absolute Gasteiger partial charge is 0.307 e. The second kappa shape index (κ2) is 9.36. The molecule has 0 amide bonds. The summed E-state index contributed by atoms with van der Waals surface area (Å²) in [4.78, 5) is 12.0. The van der Waals surface area contributed by atoms with E-state index in [9.17, 15) is 9.36 Å². The molecule has 0 spiro atoms. The fourth-order valence-corrected chi connectivity index (χ4v) is 7.94. The van der Waals surface area contributed by atoms with Crippen molar-refractivity contribution < 1.29 is 14.1 Å². The molecule has 1 saturated heterocycles. The van der Waals surface area contributed by atoms with Gasteiger partial charge in [0.1, 0.15) is 6.61 Å². The third-order valence-corrected chi connectivity index (χ3v) is 9.07. The molecule has 0 radical (unpaired) electrons. The third-order valence-electron chi connectivity index (χ3n) is 5.27. The highest BCUT2D eigenvalue weighted by molar-refractivity contribution is 7.63. The van der Waals surface area contributed by atoms with Crippen LogP contribution in [0.3, 0.4) is 0 Å². The summed E-state index contributed by atoms with van der Waals surface area (Å²) in [6.45, 7) is 5.65. The van der Waals surface area contributed by atoms with Crippen molar-refractivity contribution in [1.82, 2.24) is 5.09 Å². The number of rotatable bonds is 8. The number of carbonyl (C=O) groups is 1. The monoisotopic (exact) mass is 397 g/mol. The summed E-state index contributed by atoms with van der Waals surface area (Å²) in [7, 11) is -2.85. The molecule has 1 heterocycles. The standard InChI is InChI=1S/C23H28NO3P/c1-3-16-27-23(25)17-18(2)24-28(26)21(19-10-6-4-7-11-19)14-15-22(28)20-12-8-5-9-13-20/h3-13,18,21-22H,1,14-17H2,2H3,(H,24,26)/t18-,21-,22-/m0/s1. The van der Waals surface area contributed by atoms with Gasteiger partial charge in [-0.25, -0.2) is 0 Å². The van der Waals surface area contributed by atoms with E-state index in [0.717, 1.165) is 24.0 Å². The Kier molecular flexibility index (Phi) is 6.88. The van der Waals surface area contributed by atoms with Gasteiger partial charge in [-0.15, -0.1) is 0 Å². The van der Waals surface area contributed by atoms with Crippen LogP contribution in [0.25, 0.3) is 0 Å². The number of benzene rings is 2. The van der Waals surface area contributed by atoms with Crippen molar-refractivity contribution in [3.05, 3.63) is 84.4 Å². The Morgan fingerprint density at radius 1 is 1.11 bits per heavy atom. The van der Waals surface area contributed by atoms with E-state index >= 15 is 0 Å². The lowest BCUT2D eigenvalue weighted by Crippen LogP contribution is -2.29. The van der Waals surface area contributed by atoms with Crippen molar-refractivity contribution in [3.8, 4) is 0 Å². The van der Waals surface area contributed by atoms with E-state index in [1.165, 1.54) is 0 Å². The summed E-state index contributed by atoms with van der Waals surface area (Å²) in [6, 6.07) is 19.9. The molecule has 148 valence electrons. The van der Waals surface area contributed by atoms with Crippen LogP contribution in [0.15, 0.2) is 73.3 Å². The molecule has 2 aromatic rings. The molecule has 3 atom stereocenters. The molecule has 3 rings (SSSR count). The van der Waals surface area contributed by atoms with Crippen LogP contribution in [0, 0.1) is 0 Å². The molecule has 28 heavy (non-hydrogen) atoms. The molecule has 1 N–H and O–H groups in total. The molecule has 0 bridgehead atoms. The molecule has 1 fully saturated rings. The first-order valence-corrected chi connectivity index (χ1v) is 11.6. The van der Waals surface area contributed by atoms with Crippen molar-refractivity contribution in [2.45, 2.75) is 43.5 Å². The van der Waals surface area contributed by atoms with Gasteiger partial charge in [-0.3, -0.25) is 9.88 Å². The van der Waals surface area contributed by atoms with Crippen molar-refractivity contribution in [3.63, 3.8) is 0 Å². The highest BCUT2D eigenvalue weighted by atomic mass is 31.2. The zero-order chi connectivity index (χ0) is 20.0. The summed E-state index contributed by atoms with van der Waals surface area (Å²) < 4.78 is 19.5. The van der Waals surface area contributed by atoms with Gasteiger partial charge in [0.25, 0.3) is 0 Å². The lowest BCUT2D eigenvalue weighted by Gasteiger charge is -2.30. The van der Waals surface area contributed by atoms with Crippen LogP contribution in [-0.2, 0) is 14.1 Å². The summed E-state index contributed by atoms with van der Waals surface area (Å²) in [5.74, 6) is -0.307. The quantitative estimate of drug-likeness (QED) is 0.356. The van der Waals surface area contributed by atoms with E-state index < -0.39 is 7.29 Å². The fraction of sp³-hybridized carbons (Fsp3) is 0.348. The van der Waals surface area contributed by atoms with Gasteiger partial charge in [0.2, 0.25) is 0 Å². The van der Waals surface area contributed by atoms with Gasteiger partial charge in [0.15, 0.2) is 7.29 Å². The second-order valence-electron chi connectivity index (χ2n) is 7.35. The zero-order valence-electron chi connectivity index (χ0n) is 16.3. The Morgan fingerprint density at radius 3 is 2.07 bits per heavy atom. The number of carbonyl (C=O) groups excluding carboxylic acids is 1. The zero-order valence-corrected chi connectivity index (χ0v) is 17.2. The minimum atomic E-state index is -2.85. The summed E-state index contributed by atoms with van der Waals surface area (Å²) in [5.41, 5.74) is 2.09. The first-order valence-electron chi connectivity index (χ1n) is 9.78. The van der Waals surface area contributed by atoms with Gasteiger partial charge in [-0.2, -0.15) is 0 Å². The van der Waals surface area contributed by atoms with Gasteiger partial charge in [-0.1, -0.05) is 73.3 Å². The maximum Gasteiger partial charge on any atom is 0.307 e. The van der Waals surface area contributed by atoms with Crippen LogP contribution in [0.4, 0.5) is 0 Å². The average Bonchev–Trinajstić information content (AvgIpc) is 3.04. The topological polar surface area (TPSA) is 55.4 Å². The average molecular weight is 397 g/mol. The van der Waals surface area contributed by atoms with Crippen LogP contribution in [0.5, 0.6) is 0 Å². The Labute approximate surface area is 167 Å². The van der Waals surface area contributed by atoms with Crippen molar-refractivity contribution in [2.75, 3.05) is 6.61 Å². The predicted molar refractivity (Wildman–Crippen MR) is 114 cm³/mol. The molecule has 2 aromatic carbocycles. The highest BCUT2D eigenvalue weighted by Gasteiger charge is 2.48. The molecule has 4 nitrogen and oxygen atoms in total. The van der Waals surface area contributed by atoms with E-state index in [-0.39, 0.29) is 36.4 Å². The summed E-state index contributed by atoms with van der Waals surface area (Å²) >= 11 is 0. The van der Waals surface area contributed by atoms with E-state index in [0.29, 0.717) is 0 Å². The minimum Gasteiger partial charge on any atom is -0.461 e. The van der Waals surface area contributed by atoms with Gasteiger partial charge in [0.05, 0.1) is 17.7 Å². The summed E-state index contributed by atoms with van der Waals surface area (Å²) in [6.07, 6.45) is 3.45. The minimum absolute atomic E-state index is 0.0504. The molecule has 5 heteroatoms. The Hall–Kier alpha value is -2.16. The predicted octanol–water partition coefficient (Wildman–Crippen LogP) is 5.64. The molecule has 0 saturated carbocycles. The van der Waals surface area contributed by atoms with E-state index in [2.05, 4.69) is 35.9 Å². The summed E-state index contributed by atoms with van der Waals surface area (Å²) in [5, 5.41) is 3.39. The van der Waals surface area contributed by atoms with Gasteiger partial charge in [0, 0.05) is 6.04 Å². The maximum absolute atomic E-state index is 14.4. The normalized spacial score (nSPS) is 21.8.